The standard InChI is InChI=1S/C11H19NO/c1-2-3-6-10-7-4-5-8-11(10)9-12-13/h2,9-10H,1,3-8,12H2/b11-9-. The molecule has 1 aliphatic rings. The van der Waals surface area contributed by atoms with Gasteiger partial charge in [0.25, 0.3) is 0 Å². The summed E-state index contributed by atoms with van der Waals surface area (Å²) in [6.45, 7) is 3.73. The summed E-state index contributed by atoms with van der Waals surface area (Å²) >= 11 is 0. The summed E-state index contributed by atoms with van der Waals surface area (Å²) in [5.41, 5.74) is 2.30. The monoisotopic (exact) mass is 181 g/mol. The average Bonchev–Trinajstić information content (AvgIpc) is 2.17. The van der Waals surface area contributed by atoms with Gasteiger partial charge in [-0.15, -0.1) is 6.58 Å². The Morgan fingerprint density at radius 1 is 1.54 bits per heavy atom. The van der Waals surface area contributed by atoms with Gasteiger partial charge in [0.05, 0.1) is 6.20 Å². The van der Waals surface area contributed by atoms with Crippen molar-refractivity contribution in [3.8, 4) is 0 Å². The molecule has 2 heteroatoms. The SMILES string of the molecule is C=CCCC1CCCC/C1=C/[NH2+][O-]. The first-order chi connectivity index (χ1) is 6.38. The topological polar surface area (TPSA) is 39.7 Å². The Labute approximate surface area is 80.3 Å². The van der Waals surface area contributed by atoms with Gasteiger partial charge >= 0.3 is 0 Å². The van der Waals surface area contributed by atoms with Gasteiger partial charge < -0.3 is 10.7 Å². The molecular formula is C11H19NO. The van der Waals surface area contributed by atoms with E-state index < -0.39 is 0 Å². The predicted octanol–water partition coefficient (Wildman–Crippen LogP) is 2.09. The van der Waals surface area contributed by atoms with E-state index in [0.717, 1.165) is 18.3 Å². The fourth-order valence-electron chi connectivity index (χ4n) is 2.06. The molecule has 1 unspecified atom stereocenters. The number of nitrogens with two attached hydrogens (primary N) is 1. The molecule has 0 aliphatic heterocycles. The van der Waals surface area contributed by atoms with E-state index in [1.807, 2.05) is 6.08 Å². The lowest BCUT2D eigenvalue weighted by Crippen LogP contribution is -2.70. The van der Waals surface area contributed by atoms with Crippen molar-refractivity contribution in [2.45, 2.75) is 38.5 Å². The summed E-state index contributed by atoms with van der Waals surface area (Å²) in [6, 6.07) is 0. The zero-order valence-electron chi connectivity index (χ0n) is 8.17. The molecule has 1 fully saturated rings. The van der Waals surface area contributed by atoms with Crippen molar-refractivity contribution >= 4 is 0 Å². The van der Waals surface area contributed by atoms with Crippen molar-refractivity contribution in [2.75, 3.05) is 0 Å². The van der Waals surface area contributed by atoms with E-state index >= 15 is 0 Å². The van der Waals surface area contributed by atoms with Crippen LogP contribution in [0, 0.1) is 11.1 Å². The highest BCUT2D eigenvalue weighted by molar-refractivity contribution is 5.05. The number of rotatable bonds is 4. The van der Waals surface area contributed by atoms with Crippen molar-refractivity contribution in [1.29, 1.82) is 0 Å². The van der Waals surface area contributed by atoms with E-state index in [9.17, 15) is 5.21 Å². The third-order valence-electron chi connectivity index (χ3n) is 2.79. The molecule has 1 rings (SSSR count). The fourth-order valence-corrected chi connectivity index (χ4v) is 2.06. The van der Waals surface area contributed by atoms with E-state index in [0.29, 0.717) is 5.92 Å². The first kappa shape index (κ1) is 10.5. The molecule has 0 spiro atoms. The van der Waals surface area contributed by atoms with Crippen molar-refractivity contribution < 1.29 is 5.48 Å². The maximum absolute atomic E-state index is 10.4. The maximum Gasteiger partial charge on any atom is 0.0920 e. The van der Waals surface area contributed by atoms with Gasteiger partial charge in [-0.05, 0) is 43.6 Å². The quantitative estimate of drug-likeness (QED) is 0.523. The Morgan fingerprint density at radius 3 is 3.08 bits per heavy atom. The number of quaternary nitrogens is 1. The van der Waals surface area contributed by atoms with Crippen molar-refractivity contribution in [1.82, 2.24) is 0 Å². The second-order valence-electron chi connectivity index (χ2n) is 3.69. The molecule has 0 saturated heterocycles. The van der Waals surface area contributed by atoms with Crippen LogP contribution in [0.4, 0.5) is 0 Å². The first-order valence-corrected chi connectivity index (χ1v) is 5.13. The van der Waals surface area contributed by atoms with Gasteiger partial charge in [-0.1, -0.05) is 12.5 Å². The van der Waals surface area contributed by atoms with Gasteiger partial charge in [-0.2, -0.15) is 0 Å². The zero-order chi connectivity index (χ0) is 9.52. The largest absolute Gasteiger partial charge is 0.631 e. The zero-order valence-corrected chi connectivity index (χ0v) is 8.17. The van der Waals surface area contributed by atoms with Crippen molar-refractivity contribution in [3.63, 3.8) is 0 Å². The molecule has 1 atom stereocenters. The van der Waals surface area contributed by atoms with Gasteiger partial charge in [0.1, 0.15) is 0 Å². The normalized spacial score (nSPS) is 26.2. The van der Waals surface area contributed by atoms with Crippen LogP contribution < -0.4 is 5.48 Å². The molecule has 0 aromatic rings. The smallest absolute Gasteiger partial charge is 0.0920 e. The van der Waals surface area contributed by atoms with Gasteiger partial charge in [0.15, 0.2) is 0 Å². The van der Waals surface area contributed by atoms with Crippen LogP contribution in [0.15, 0.2) is 24.4 Å². The van der Waals surface area contributed by atoms with Gasteiger partial charge in [-0.3, -0.25) is 0 Å². The summed E-state index contributed by atoms with van der Waals surface area (Å²) in [4.78, 5) is 0. The molecule has 0 bridgehead atoms. The number of hydroxylamine groups is 1. The third-order valence-corrected chi connectivity index (χ3v) is 2.79. The van der Waals surface area contributed by atoms with Crippen LogP contribution in [0.2, 0.25) is 0 Å². The first-order valence-electron chi connectivity index (χ1n) is 5.13. The molecule has 2 nitrogen and oxygen atoms in total. The highest BCUT2D eigenvalue weighted by Gasteiger charge is 2.18. The molecule has 0 aromatic carbocycles. The Balaban J connectivity index is 2.46. The summed E-state index contributed by atoms with van der Waals surface area (Å²) < 4.78 is 0. The van der Waals surface area contributed by atoms with Crippen LogP contribution in [0.25, 0.3) is 0 Å². The number of hydrogen-bond donors (Lipinski definition) is 1. The van der Waals surface area contributed by atoms with Crippen LogP contribution in [0.3, 0.4) is 0 Å². The molecule has 0 heterocycles. The van der Waals surface area contributed by atoms with E-state index in [1.165, 1.54) is 31.3 Å². The second-order valence-corrected chi connectivity index (χ2v) is 3.69. The molecular weight excluding hydrogens is 162 g/mol. The van der Waals surface area contributed by atoms with Crippen molar-refractivity contribution in [2.24, 2.45) is 5.92 Å². The van der Waals surface area contributed by atoms with Gasteiger partial charge in [0, 0.05) is 0 Å². The van der Waals surface area contributed by atoms with Crippen LogP contribution in [-0.4, -0.2) is 0 Å². The van der Waals surface area contributed by atoms with Crippen LogP contribution in [0.5, 0.6) is 0 Å². The summed E-state index contributed by atoms with van der Waals surface area (Å²) in [7, 11) is 0. The molecule has 0 aromatic heterocycles. The maximum atomic E-state index is 10.4. The number of hydrogen-bond acceptors (Lipinski definition) is 1. The van der Waals surface area contributed by atoms with Crippen LogP contribution >= 0.6 is 0 Å². The fraction of sp³-hybridized carbons (Fsp3) is 0.636. The van der Waals surface area contributed by atoms with E-state index in [2.05, 4.69) is 6.58 Å². The summed E-state index contributed by atoms with van der Waals surface area (Å²) in [6.07, 6.45) is 10.9. The van der Waals surface area contributed by atoms with Crippen LogP contribution in [0.1, 0.15) is 38.5 Å². The summed E-state index contributed by atoms with van der Waals surface area (Å²) in [5, 5.41) is 10.4. The lowest BCUT2D eigenvalue weighted by atomic mass is 9.82. The molecule has 0 amide bonds. The Bertz CT molecular complexity index is 187. The van der Waals surface area contributed by atoms with E-state index in [-0.39, 0.29) is 0 Å². The molecule has 2 N–H and O–H groups in total. The second kappa shape index (κ2) is 5.95. The van der Waals surface area contributed by atoms with E-state index in [1.54, 1.807) is 6.20 Å². The molecule has 13 heavy (non-hydrogen) atoms. The Morgan fingerprint density at radius 2 is 2.38 bits per heavy atom. The third kappa shape index (κ3) is 3.33. The Kier molecular flexibility index (Phi) is 4.79. The van der Waals surface area contributed by atoms with Gasteiger partial charge in [-0.25, -0.2) is 0 Å². The highest BCUT2D eigenvalue weighted by atomic mass is 16.5. The lowest BCUT2D eigenvalue weighted by Gasteiger charge is -2.24. The molecule has 1 saturated carbocycles. The minimum Gasteiger partial charge on any atom is -0.631 e. The lowest BCUT2D eigenvalue weighted by molar-refractivity contribution is -0.516. The van der Waals surface area contributed by atoms with Crippen LogP contribution in [-0.2, 0) is 0 Å². The molecule has 0 radical (unpaired) electrons. The highest BCUT2D eigenvalue weighted by Crippen LogP contribution is 2.31. The average molecular weight is 181 g/mol. The minimum atomic E-state index is 0.650. The van der Waals surface area contributed by atoms with Crippen molar-refractivity contribution in [3.05, 3.63) is 29.6 Å². The molecule has 74 valence electrons. The number of allylic oxidation sites excluding steroid dienone is 2. The predicted molar refractivity (Wildman–Crippen MR) is 54.8 cm³/mol. The Hall–Kier alpha value is -0.600. The minimum absolute atomic E-state index is 0.650. The van der Waals surface area contributed by atoms with Gasteiger partial charge in [0.2, 0.25) is 0 Å². The summed E-state index contributed by atoms with van der Waals surface area (Å²) in [5.74, 6) is 0.650. The van der Waals surface area contributed by atoms with E-state index in [4.69, 9.17) is 0 Å². The molecule has 1 aliphatic carbocycles.